The number of aromatic nitrogens is 1. The van der Waals surface area contributed by atoms with Crippen LogP contribution < -0.4 is 10.2 Å². The Bertz CT molecular complexity index is 955. The number of morpholine rings is 1. The summed E-state index contributed by atoms with van der Waals surface area (Å²) in [6.45, 7) is 3.20. The summed E-state index contributed by atoms with van der Waals surface area (Å²) in [7, 11) is 0. The maximum atomic E-state index is 12.6. The van der Waals surface area contributed by atoms with E-state index in [4.69, 9.17) is 16.3 Å². The fraction of sp³-hybridized carbons (Fsp3) is 0.182. The first kappa shape index (κ1) is 18.5. The standard InChI is InChI=1S/C22H20ClN3O2/c23-20-9-6-17(15-19(20)21-3-1-2-10-24-21)25-22(27)16-4-7-18(8-5-16)26-11-13-28-14-12-26/h1-10,15H,11-14H2,(H,25,27). The molecule has 1 aliphatic heterocycles. The van der Waals surface area contributed by atoms with Crippen LogP contribution >= 0.6 is 11.6 Å². The van der Waals surface area contributed by atoms with Crippen LogP contribution in [0.5, 0.6) is 0 Å². The summed E-state index contributed by atoms with van der Waals surface area (Å²) < 4.78 is 5.38. The Kier molecular flexibility index (Phi) is 5.55. The van der Waals surface area contributed by atoms with Crippen molar-refractivity contribution < 1.29 is 9.53 Å². The first-order valence-corrected chi connectivity index (χ1v) is 9.53. The minimum Gasteiger partial charge on any atom is -0.378 e. The van der Waals surface area contributed by atoms with Gasteiger partial charge in [0.2, 0.25) is 0 Å². The van der Waals surface area contributed by atoms with Gasteiger partial charge in [-0.25, -0.2) is 0 Å². The molecule has 1 fully saturated rings. The Hall–Kier alpha value is -2.89. The number of pyridine rings is 1. The highest BCUT2D eigenvalue weighted by atomic mass is 35.5. The van der Waals surface area contributed by atoms with Crippen LogP contribution in [0, 0.1) is 0 Å². The smallest absolute Gasteiger partial charge is 0.255 e. The highest BCUT2D eigenvalue weighted by Crippen LogP contribution is 2.29. The van der Waals surface area contributed by atoms with E-state index in [9.17, 15) is 4.79 Å². The van der Waals surface area contributed by atoms with Crippen molar-refractivity contribution >= 4 is 28.9 Å². The second-order valence-corrected chi connectivity index (χ2v) is 6.92. The average Bonchev–Trinajstić information content (AvgIpc) is 2.76. The lowest BCUT2D eigenvalue weighted by molar-refractivity contribution is 0.102. The molecule has 2 heterocycles. The van der Waals surface area contributed by atoms with Gasteiger partial charge in [-0.15, -0.1) is 0 Å². The molecule has 1 amide bonds. The van der Waals surface area contributed by atoms with Crippen LogP contribution in [0.15, 0.2) is 66.9 Å². The third-order valence-electron chi connectivity index (χ3n) is 4.67. The number of ether oxygens (including phenoxy) is 1. The molecule has 0 aliphatic carbocycles. The fourth-order valence-electron chi connectivity index (χ4n) is 3.17. The van der Waals surface area contributed by atoms with Gasteiger partial charge in [-0.05, 0) is 54.6 Å². The van der Waals surface area contributed by atoms with Gasteiger partial charge >= 0.3 is 0 Å². The zero-order valence-electron chi connectivity index (χ0n) is 15.3. The van der Waals surface area contributed by atoms with Gasteiger partial charge in [-0.1, -0.05) is 17.7 Å². The number of carbonyl (C=O) groups is 1. The minimum atomic E-state index is -0.164. The molecule has 1 N–H and O–H groups in total. The van der Waals surface area contributed by atoms with Crippen LogP contribution in [0.4, 0.5) is 11.4 Å². The molecule has 0 radical (unpaired) electrons. The number of rotatable bonds is 4. The Morgan fingerprint density at radius 3 is 2.54 bits per heavy atom. The van der Waals surface area contributed by atoms with Crippen molar-refractivity contribution in [1.29, 1.82) is 0 Å². The van der Waals surface area contributed by atoms with Crippen molar-refractivity contribution in [2.75, 3.05) is 36.5 Å². The Balaban J connectivity index is 1.49. The Morgan fingerprint density at radius 2 is 1.82 bits per heavy atom. The molecule has 0 spiro atoms. The maximum Gasteiger partial charge on any atom is 0.255 e. The highest BCUT2D eigenvalue weighted by molar-refractivity contribution is 6.33. The normalized spacial score (nSPS) is 14.0. The number of nitrogens with one attached hydrogen (secondary N) is 1. The van der Waals surface area contributed by atoms with Crippen molar-refractivity contribution in [3.05, 3.63) is 77.4 Å². The number of benzene rings is 2. The minimum absolute atomic E-state index is 0.164. The van der Waals surface area contributed by atoms with Crippen molar-refractivity contribution in [1.82, 2.24) is 4.98 Å². The van der Waals surface area contributed by atoms with Gasteiger partial charge < -0.3 is 15.0 Å². The SMILES string of the molecule is O=C(Nc1ccc(Cl)c(-c2ccccn2)c1)c1ccc(N2CCOCC2)cc1. The van der Waals surface area contributed by atoms with Gasteiger partial charge in [0.1, 0.15) is 0 Å². The van der Waals surface area contributed by atoms with Gasteiger partial charge in [0.25, 0.3) is 5.91 Å². The van der Waals surface area contributed by atoms with Gasteiger partial charge in [-0.3, -0.25) is 9.78 Å². The number of halogens is 1. The quantitative estimate of drug-likeness (QED) is 0.709. The van der Waals surface area contributed by atoms with Crippen molar-refractivity contribution in [2.24, 2.45) is 0 Å². The maximum absolute atomic E-state index is 12.6. The number of carbonyl (C=O) groups excluding carboxylic acids is 1. The molecule has 0 saturated carbocycles. The molecule has 1 aliphatic rings. The van der Waals surface area contributed by atoms with Crippen molar-refractivity contribution in [2.45, 2.75) is 0 Å². The monoisotopic (exact) mass is 393 g/mol. The van der Waals surface area contributed by atoms with E-state index in [-0.39, 0.29) is 5.91 Å². The third kappa shape index (κ3) is 4.16. The van der Waals surface area contributed by atoms with E-state index in [1.807, 2.05) is 48.5 Å². The lowest BCUT2D eigenvalue weighted by atomic mass is 10.1. The van der Waals surface area contributed by atoms with E-state index in [0.29, 0.717) is 16.3 Å². The molecule has 0 unspecified atom stereocenters. The summed E-state index contributed by atoms with van der Waals surface area (Å²) in [5, 5.41) is 3.53. The molecule has 6 heteroatoms. The lowest BCUT2D eigenvalue weighted by Gasteiger charge is -2.28. The molecule has 0 bridgehead atoms. The van der Waals surface area contributed by atoms with Crippen molar-refractivity contribution in [3.63, 3.8) is 0 Å². The van der Waals surface area contributed by atoms with Gasteiger partial charge in [0, 0.05) is 41.8 Å². The Morgan fingerprint density at radius 1 is 1.04 bits per heavy atom. The van der Waals surface area contributed by atoms with Crippen LogP contribution in [0.25, 0.3) is 11.3 Å². The summed E-state index contributed by atoms with van der Waals surface area (Å²) in [6, 6.07) is 18.7. The van der Waals surface area contributed by atoms with Crippen LogP contribution in [-0.2, 0) is 4.74 Å². The van der Waals surface area contributed by atoms with Gasteiger partial charge in [0.15, 0.2) is 0 Å². The Labute approximate surface area is 168 Å². The van der Waals surface area contributed by atoms with Crippen LogP contribution in [-0.4, -0.2) is 37.2 Å². The number of amides is 1. The number of hydrogen-bond acceptors (Lipinski definition) is 4. The molecule has 142 valence electrons. The number of nitrogens with zero attached hydrogens (tertiary/aromatic N) is 2. The van der Waals surface area contributed by atoms with Crippen LogP contribution in [0.3, 0.4) is 0 Å². The third-order valence-corrected chi connectivity index (χ3v) is 5.00. The first-order valence-electron chi connectivity index (χ1n) is 9.16. The highest BCUT2D eigenvalue weighted by Gasteiger charge is 2.13. The van der Waals surface area contributed by atoms with E-state index in [1.165, 1.54) is 0 Å². The number of anilines is 2. The zero-order chi connectivity index (χ0) is 19.3. The molecule has 3 aromatic rings. The largest absolute Gasteiger partial charge is 0.378 e. The molecule has 5 nitrogen and oxygen atoms in total. The van der Waals surface area contributed by atoms with E-state index < -0.39 is 0 Å². The first-order chi connectivity index (χ1) is 13.7. The van der Waals surface area contributed by atoms with Gasteiger partial charge in [-0.2, -0.15) is 0 Å². The predicted molar refractivity (Wildman–Crippen MR) is 112 cm³/mol. The van der Waals surface area contributed by atoms with Crippen molar-refractivity contribution in [3.8, 4) is 11.3 Å². The molecular weight excluding hydrogens is 374 g/mol. The fourth-order valence-corrected chi connectivity index (χ4v) is 3.38. The predicted octanol–water partition coefficient (Wildman–Crippen LogP) is 4.49. The molecule has 0 atom stereocenters. The molecule has 2 aromatic carbocycles. The summed E-state index contributed by atoms with van der Waals surface area (Å²) >= 11 is 6.31. The molecule has 4 rings (SSSR count). The molecule has 1 saturated heterocycles. The molecule has 28 heavy (non-hydrogen) atoms. The average molecular weight is 394 g/mol. The van der Waals surface area contributed by atoms with Gasteiger partial charge in [0.05, 0.1) is 23.9 Å². The van der Waals surface area contributed by atoms with E-state index in [0.717, 1.165) is 43.2 Å². The molecule has 1 aromatic heterocycles. The summed E-state index contributed by atoms with van der Waals surface area (Å²) in [5.41, 5.74) is 3.92. The lowest BCUT2D eigenvalue weighted by Crippen LogP contribution is -2.36. The van der Waals surface area contributed by atoms with E-state index >= 15 is 0 Å². The summed E-state index contributed by atoms with van der Waals surface area (Å²) in [6.07, 6.45) is 1.72. The summed E-state index contributed by atoms with van der Waals surface area (Å²) in [4.78, 5) is 19.2. The second kappa shape index (κ2) is 8.42. The number of hydrogen-bond donors (Lipinski definition) is 1. The van der Waals surface area contributed by atoms with Crippen LogP contribution in [0.2, 0.25) is 5.02 Å². The topological polar surface area (TPSA) is 54.5 Å². The molecular formula is C22H20ClN3O2. The van der Waals surface area contributed by atoms with E-state index in [1.54, 1.807) is 18.3 Å². The van der Waals surface area contributed by atoms with E-state index in [2.05, 4.69) is 15.2 Å². The zero-order valence-corrected chi connectivity index (χ0v) is 16.0. The second-order valence-electron chi connectivity index (χ2n) is 6.51. The summed E-state index contributed by atoms with van der Waals surface area (Å²) in [5.74, 6) is -0.164. The van der Waals surface area contributed by atoms with Crippen LogP contribution in [0.1, 0.15) is 10.4 Å².